The van der Waals surface area contributed by atoms with E-state index < -0.39 is 6.03 Å². The fourth-order valence-electron chi connectivity index (χ4n) is 0.614. The summed E-state index contributed by atoms with van der Waals surface area (Å²) in [6.07, 6.45) is 0. The first kappa shape index (κ1) is 8.39. The van der Waals surface area contributed by atoms with Crippen LogP contribution < -0.4 is 15.6 Å². The normalized spacial score (nSPS) is 8.75. The van der Waals surface area contributed by atoms with Gasteiger partial charge in [-0.05, 0) is 17.6 Å². The minimum absolute atomic E-state index is 0.523. The van der Waals surface area contributed by atoms with Crippen LogP contribution in [0.2, 0.25) is 0 Å². The molecule has 2 radical (unpaired) electrons. The van der Waals surface area contributed by atoms with E-state index in [0.717, 1.165) is 0 Å². The van der Waals surface area contributed by atoms with E-state index in [0.29, 0.717) is 5.75 Å². The van der Waals surface area contributed by atoms with E-state index in [1.807, 2.05) is 6.07 Å². The highest BCUT2D eigenvalue weighted by atomic mass is 16.7. The van der Waals surface area contributed by atoms with Gasteiger partial charge in [0.05, 0.1) is 0 Å². The zero-order valence-corrected chi connectivity index (χ0v) is 6.60. The van der Waals surface area contributed by atoms with Crippen molar-refractivity contribution in [1.82, 2.24) is 10.8 Å². The maximum atomic E-state index is 10.5. The predicted molar refractivity (Wildman–Crippen MR) is 42.7 cm³/mol. The van der Waals surface area contributed by atoms with Gasteiger partial charge >= 0.3 is 6.03 Å². The van der Waals surface area contributed by atoms with Crippen molar-refractivity contribution in [1.29, 1.82) is 0 Å². The second-order valence-electron chi connectivity index (χ2n) is 2.00. The topological polar surface area (TPSA) is 54.5 Å². The molecular formula is C8H8N2O2. The number of para-hydroxylation sites is 1. The Kier molecular flexibility index (Phi) is 2.95. The Hall–Kier alpha value is -1.71. The van der Waals surface area contributed by atoms with Crippen LogP contribution in [0.15, 0.2) is 30.3 Å². The number of hydrogen-bond acceptors (Lipinski definition) is 2. The molecular weight excluding hydrogens is 156 g/mol. The molecule has 0 N–H and O–H groups in total. The number of urea groups is 1. The van der Waals surface area contributed by atoms with E-state index in [4.69, 9.17) is 4.84 Å². The van der Waals surface area contributed by atoms with Gasteiger partial charge in [-0.15, -0.1) is 0 Å². The number of carbonyl (C=O) groups is 1. The SMILES string of the molecule is C[N]C(=O)[N]Oc1ccccc1. The molecule has 0 aliphatic carbocycles. The third kappa shape index (κ3) is 2.49. The van der Waals surface area contributed by atoms with Crippen LogP contribution >= 0.6 is 0 Å². The summed E-state index contributed by atoms with van der Waals surface area (Å²) in [5, 5.41) is 3.27. The first-order valence-electron chi connectivity index (χ1n) is 3.40. The Morgan fingerprint density at radius 3 is 2.58 bits per heavy atom. The molecule has 0 saturated carbocycles. The van der Waals surface area contributed by atoms with E-state index in [1.54, 1.807) is 24.3 Å². The summed E-state index contributed by atoms with van der Waals surface area (Å²) in [4.78, 5) is 15.3. The molecule has 62 valence electrons. The summed E-state index contributed by atoms with van der Waals surface area (Å²) in [6.45, 7) is 0. The molecule has 0 aliphatic heterocycles. The average Bonchev–Trinajstić information content (AvgIpc) is 2.16. The van der Waals surface area contributed by atoms with Crippen LogP contribution in [0.25, 0.3) is 0 Å². The van der Waals surface area contributed by atoms with Gasteiger partial charge < -0.3 is 4.84 Å². The van der Waals surface area contributed by atoms with Gasteiger partial charge in [-0.2, -0.15) is 0 Å². The molecule has 0 unspecified atom stereocenters. The van der Waals surface area contributed by atoms with Gasteiger partial charge in [-0.3, -0.25) is 0 Å². The number of carbonyl (C=O) groups excluding carboxylic acids is 1. The molecule has 1 aromatic carbocycles. The van der Waals surface area contributed by atoms with Gasteiger partial charge in [-0.25, -0.2) is 10.1 Å². The standard InChI is InChI=1S/C8H8N2O2/c1-9-8(11)10-12-7-5-3-2-4-6-7/h2-6H,1H3. The van der Waals surface area contributed by atoms with Crippen molar-refractivity contribution in [2.45, 2.75) is 0 Å². The molecule has 0 heterocycles. The molecule has 1 aromatic rings. The number of benzene rings is 1. The first-order chi connectivity index (χ1) is 5.83. The van der Waals surface area contributed by atoms with Crippen LogP contribution in [0, 0.1) is 0 Å². The fraction of sp³-hybridized carbons (Fsp3) is 0.125. The maximum absolute atomic E-state index is 10.5. The van der Waals surface area contributed by atoms with E-state index in [2.05, 4.69) is 10.8 Å². The van der Waals surface area contributed by atoms with Gasteiger partial charge in [0.25, 0.3) is 0 Å². The van der Waals surface area contributed by atoms with Crippen LogP contribution in [0.1, 0.15) is 0 Å². The highest BCUT2D eigenvalue weighted by Crippen LogP contribution is 2.06. The Morgan fingerprint density at radius 2 is 2.00 bits per heavy atom. The lowest BCUT2D eigenvalue weighted by Gasteiger charge is -1.99. The van der Waals surface area contributed by atoms with Crippen molar-refractivity contribution in [3.63, 3.8) is 0 Å². The van der Waals surface area contributed by atoms with E-state index in [-0.39, 0.29) is 0 Å². The van der Waals surface area contributed by atoms with Gasteiger partial charge in [-0.1, -0.05) is 18.2 Å². The maximum Gasteiger partial charge on any atom is 0.395 e. The minimum atomic E-state index is -0.626. The second-order valence-corrected chi connectivity index (χ2v) is 2.00. The largest absolute Gasteiger partial charge is 0.395 e. The summed E-state index contributed by atoms with van der Waals surface area (Å²) in [7, 11) is 1.36. The quantitative estimate of drug-likeness (QED) is 0.611. The molecule has 0 atom stereocenters. The summed E-state index contributed by atoms with van der Waals surface area (Å²) >= 11 is 0. The lowest BCUT2D eigenvalue weighted by Crippen LogP contribution is -2.24. The lowest BCUT2D eigenvalue weighted by atomic mass is 10.3. The molecule has 0 bridgehead atoms. The molecule has 0 saturated heterocycles. The van der Waals surface area contributed by atoms with Crippen LogP contribution in [0.5, 0.6) is 5.75 Å². The molecule has 0 aromatic heterocycles. The second kappa shape index (κ2) is 4.23. The van der Waals surface area contributed by atoms with Crippen molar-refractivity contribution in [3.8, 4) is 5.75 Å². The zero-order chi connectivity index (χ0) is 8.81. The average molecular weight is 164 g/mol. The number of nitrogens with zero attached hydrogens (tertiary/aromatic N) is 2. The van der Waals surface area contributed by atoms with Gasteiger partial charge in [0.15, 0.2) is 5.75 Å². The molecule has 0 aliphatic rings. The molecule has 0 fully saturated rings. The Bertz CT molecular complexity index is 248. The van der Waals surface area contributed by atoms with Crippen LogP contribution in [0.3, 0.4) is 0 Å². The van der Waals surface area contributed by atoms with Crippen molar-refractivity contribution in [2.24, 2.45) is 0 Å². The minimum Gasteiger partial charge on any atom is -0.352 e. The van der Waals surface area contributed by atoms with E-state index >= 15 is 0 Å². The van der Waals surface area contributed by atoms with Crippen LogP contribution in [0.4, 0.5) is 4.79 Å². The molecule has 2 amide bonds. The van der Waals surface area contributed by atoms with Crippen LogP contribution in [-0.2, 0) is 0 Å². The van der Waals surface area contributed by atoms with Crippen molar-refractivity contribution >= 4 is 6.03 Å². The number of hydroxylamine groups is 1. The molecule has 1 rings (SSSR count). The first-order valence-corrected chi connectivity index (χ1v) is 3.40. The highest BCUT2D eigenvalue weighted by Gasteiger charge is 2.00. The highest BCUT2D eigenvalue weighted by molar-refractivity contribution is 5.71. The monoisotopic (exact) mass is 164 g/mol. The predicted octanol–water partition coefficient (Wildman–Crippen LogP) is 0.939. The van der Waals surface area contributed by atoms with Gasteiger partial charge in [0, 0.05) is 7.05 Å². The van der Waals surface area contributed by atoms with Crippen molar-refractivity contribution in [2.75, 3.05) is 7.05 Å². The van der Waals surface area contributed by atoms with Gasteiger partial charge in [0.1, 0.15) is 0 Å². The molecule has 12 heavy (non-hydrogen) atoms. The van der Waals surface area contributed by atoms with Crippen molar-refractivity contribution in [3.05, 3.63) is 30.3 Å². The van der Waals surface area contributed by atoms with Gasteiger partial charge in [0.2, 0.25) is 0 Å². The van der Waals surface area contributed by atoms with Crippen LogP contribution in [-0.4, -0.2) is 13.1 Å². The smallest absolute Gasteiger partial charge is 0.352 e. The Balaban J connectivity index is 2.38. The molecule has 0 spiro atoms. The summed E-state index contributed by atoms with van der Waals surface area (Å²) in [5.74, 6) is 0.523. The summed E-state index contributed by atoms with van der Waals surface area (Å²) in [5.41, 5.74) is 3.21. The van der Waals surface area contributed by atoms with Crippen molar-refractivity contribution < 1.29 is 9.63 Å². The molecule has 4 heteroatoms. The Labute approximate surface area is 70.5 Å². The Morgan fingerprint density at radius 1 is 1.33 bits per heavy atom. The molecule has 4 nitrogen and oxygen atoms in total. The van der Waals surface area contributed by atoms with E-state index in [1.165, 1.54) is 7.05 Å². The number of rotatable bonds is 2. The number of amides is 2. The zero-order valence-electron chi connectivity index (χ0n) is 6.60. The third-order valence-corrected chi connectivity index (χ3v) is 1.16. The fourth-order valence-corrected chi connectivity index (χ4v) is 0.614. The summed E-state index contributed by atoms with van der Waals surface area (Å²) in [6, 6.07) is 8.20. The number of hydrogen-bond donors (Lipinski definition) is 0. The van der Waals surface area contributed by atoms with E-state index in [9.17, 15) is 4.79 Å². The summed E-state index contributed by atoms with van der Waals surface area (Å²) < 4.78 is 0. The lowest BCUT2D eigenvalue weighted by molar-refractivity contribution is 0.173. The third-order valence-electron chi connectivity index (χ3n) is 1.16.